The van der Waals surface area contributed by atoms with Crippen LogP contribution in [0.5, 0.6) is 0 Å². The molecule has 1 unspecified atom stereocenters. The van der Waals surface area contributed by atoms with Gasteiger partial charge in [0.1, 0.15) is 0 Å². The first-order valence-corrected chi connectivity index (χ1v) is 7.98. The highest BCUT2D eigenvalue weighted by atomic mass is 16.4. The van der Waals surface area contributed by atoms with Gasteiger partial charge in [-0.05, 0) is 49.8 Å². The van der Waals surface area contributed by atoms with Gasteiger partial charge in [-0.2, -0.15) is 0 Å². The number of nitrogens with one attached hydrogen (secondary N) is 1. The lowest BCUT2D eigenvalue weighted by Gasteiger charge is -2.18. The number of carboxylic acids is 1. The summed E-state index contributed by atoms with van der Waals surface area (Å²) in [7, 11) is 0. The number of hydrogen-bond donors (Lipinski definition) is 2. The third kappa shape index (κ3) is 6.03. The Kier molecular flexibility index (Phi) is 6.32. The van der Waals surface area contributed by atoms with Gasteiger partial charge in [-0.15, -0.1) is 0 Å². The lowest BCUT2D eigenvalue weighted by Crippen LogP contribution is -2.17. The smallest absolute Gasteiger partial charge is 0.303 e. The van der Waals surface area contributed by atoms with Crippen molar-refractivity contribution in [2.24, 2.45) is 0 Å². The summed E-state index contributed by atoms with van der Waals surface area (Å²) in [5.41, 5.74) is 2.35. The van der Waals surface area contributed by atoms with E-state index in [1.54, 1.807) is 0 Å². The molecule has 2 rings (SSSR count). The van der Waals surface area contributed by atoms with Crippen molar-refractivity contribution in [2.75, 3.05) is 5.32 Å². The highest BCUT2D eigenvalue weighted by Gasteiger charge is 2.06. The van der Waals surface area contributed by atoms with Gasteiger partial charge in [0.05, 0.1) is 0 Å². The molecule has 3 nitrogen and oxygen atoms in total. The molecule has 0 amide bonds. The van der Waals surface area contributed by atoms with Crippen molar-refractivity contribution in [2.45, 2.75) is 57.4 Å². The third-order valence-electron chi connectivity index (χ3n) is 3.92. The van der Waals surface area contributed by atoms with Gasteiger partial charge in [0, 0.05) is 18.2 Å². The maximum Gasteiger partial charge on any atom is 0.303 e. The molecule has 3 heteroatoms. The molecule has 1 aromatic carbocycles. The Bertz CT molecular complexity index is 465. The van der Waals surface area contributed by atoms with Crippen molar-refractivity contribution >= 4 is 11.7 Å². The standard InChI is InChI=1S/C18H25NO2/c20-18(21)10-6-7-15-11-13-17(14-12-15)19-16-8-4-2-1-3-5-9-16/h4,8,11-14,16,19H,1-3,5-7,9-10H2,(H,20,21). The van der Waals surface area contributed by atoms with Crippen molar-refractivity contribution in [3.63, 3.8) is 0 Å². The minimum atomic E-state index is -0.718. The van der Waals surface area contributed by atoms with Gasteiger partial charge in [0.25, 0.3) is 0 Å². The van der Waals surface area contributed by atoms with Gasteiger partial charge in [0.2, 0.25) is 0 Å². The average molecular weight is 287 g/mol. The minimum Gasteiger partial charge on any atom is -0.481 e. The molecule has 1 aliphatic carbocycles. The van der Waals surface area contributed by atoms with Gasteiger partial charge in [0.15, 0.2) is 0 Å². The Labute approximate surface area is 127 Å². The highest BCUT2D eigenvalue weighted by Crippen LogP contribution is 2.17. The number of anilines is 1. The third-order valence-corrected chi connectivity index (χ3v) is 3.92. The summed E-state index contributed by atoms with van der Waals surface area (Å²) in [6.07, 6.45) is 12.7. The molecule has 2 N–H and O–H groups in total. The minimum absolute atomic E-state index is 0.243. The van der Waals surface area contributed by atoms with E-state index < -0.39 is 5.97 Å². The lowest BCUT2D eigenvalue weighted by atomic mass is 10.0. The molecule has 0 aromatic heterocycles. The maximum atomic E-state index is 10.5. The molecule has 0 saturated carbocycles. The average Bonchev–Trinajstić information content (AvgIpc) is 2.43. The van der Waals surface area contributed by atoms with Crippen LogP contribution in [0.2, 0.25) is 0 Å². The molecule has 0 fully saturated rings. The molecule has 1 aromatic rings. The van der Waals surface area contributed by atoms with Crippen LogP contribution in [0.1, 0.15) is 50.5 Å². The van der Waals surface area contributed by atoms with E-state index in [1.165, 1.54) is 37.7 Å². The van der Waals surface area contributed by atoms with Crippen LogP contribution in [-0.2, 0) is 11.2 Å². The summed E-state index contributed by atoms with van der Waals surface area (Å²) in [6, 6.07) is 8.82. The monoisotopic (exact) mass is 287 g/mol. The number of carbonyl (C=O) groups is 1. The van der Waals surface area contributed by atoms with Crippen LogP contribution >= 0.6 is 0 Å². The summed E-state index contributed by atoms with van der Waals surface area (Å²) in [6.45, 7) is 0. The molecule has 0 heterocycles. The van der Waals surface area contributed by atoms with E-state index in [-0.39, 0.29) is 6.42 Å². The summed E-state index contributed by atoms with van der Waals surface area (Å²) in [5.74, 6) is -0.718. The first-order chi connectivity index (χ1) is 10.2. The van der Waals surface area contributed by atoms with E-state index >= 15 is 0 Å². The van der Waals surface area contributed by atoms with E-state index in [9.17, 15) is 4.79 Å². The molecule has 114 valence electrons. The van der Waals surface area contributed by atoms with E-state index in [1.807, 2.05) is 0 Å². The summed E-state index contributed by atoms with van der Waals surface area (Å²) in [5, 5.41) is 12.2. The molecule has 0 saturated heterocycles. The Morgan fingerprint density at radius 2 is 2.00 bits per heavy atom. The largest absolute Gasteiger partial charge is 0.481 e. The molecule has 0 radical (unpaired) electrons. The number of carboxylic acid groups (broad SMARTS) is 1. The zero-order valence-corrected chi connectivity index (χ0v) is 12.6. The maximum absolute atomic E-state index is 10.5. The molecular formula is C18H25NO2. The SMILES string of the molecule is O=C(O)CCCc1ccc(NC2C=CCCCCC2)cc1. The van der Waals surface area contributed by atoms with Crippen molar-refractivity contribution in [3.05, 3.63) is 42.0 Å². The van der Waals surface area contributed by atoms with E-state index in [4.69, 9.17) is 5.11 Å². The van der Waals surface area contributed by atoms with Crippen molar-refractivity contribution in [1.82, 2.24) is 0 Å². The predicted octanol–water partition coefficient (Wildman–Crippen LogP) is 4.39. The van der Waals surface area contributed by atoms with Gasteiger partial charge < -0.3 is 10.4 Å². The van der Waals surface area contributed by atoms with Crippen LogP contribution in [-0.4, -0.2) is 17.1 Å². The molecule has 0 bridgehead atoms. The zero-order valence-electron chi connectivity index (χ0n) is 12.6. The Hall–Kier alpha value is -1.77. The van der Waals surface area contributed by atoms with Crippen LogP contribution in [0.25, 0.3) is 0 Å². The van der Waals surface area contributed by atoms with Crippen LogP contribution in [0.3, 0.4) is 0 Å². The zero-order chi connectivity index (χ0) is 14.9. The molecule has 21 heavy (non-hydrogen) atoms. The Morgan fingerprint density at radius 1 is 1.19 bits per heavy atom. The van der Waals surface area contributed by atoms with Crippen LogP contribution in [0.15, 0.2) is 36.4 Å². The van der Waals surface area contributed by atoms with Crippen molar-refractivity contribution in [1.29, 1.82) is 0 Å². The molecule has 0 spiro atoms. The molecule has 1 atom stereocenters. The number of benzene rings is 1. The molecule has 1 aliphatic rings. The van der Waals surface area contributed by atoms with Crippen molar-refractivity contribution in [3.8, 4) is 0 Å². The number of aliphatic carboxylic acids is 1. The first-order valence-electron chi connectivity index (χ1n) is 7.98. The molecular weight excluding hydrogens is 262 g/mol. The summed E-state index contributed by atoms with van der Waals surface area (Å²) >= 11 is 0. The van der Waals surface area contributed by atoms with E-state index in [2.05, 4.69) is 41.7 Å². The van der Waals surface area contributed by atoms with Crippen LogP contribution in [0, 0.1) is 0 Å². The second-order valence-corrected chi connectivity index (χ2v) is 5.76. The summed E-state index contributed by atoms with van der Waals surface area (Å²) in [4.78, 5) is 10.5. The van der Waals surface area contributed by atoms with Crippen molar-refractivity contribution < 1.29 is 9.90 Å². The van der Waals surface area contributed by atoms with Gasteiger partial charge in [-0.3, -0.25) is 4.79 Å². The predicted molar refractivity (Wildman–Crippen MR) is 86.7 cm³/mol. The fraction of sp³-hybridized carbons (Fsp3) is 0.500. The Morgan fingerprint density at radius 3 is 2.76 bits per heavy atom. The number of hydrogen-bond acceptors (Lipinski definition) is 2. The van der Waals surface area contributed by atoms with Crippen LogP contribution < -0.4 is 5.32 Å². The fourth-order valence-electron chi connectivity index (χ4n) is 2.71. The Balaban J connectivity index is 1.83. The van der Waals surface area contributed by atoms with Gasteiger partial charge in [-0.25, -0.2) is 0 Å². The number of rotatable bonds is 6. The summed E-state index contributed by atoms with van der Waals surface area (Å²) < 4.78 is 0. The highest BCUT2D eigenvalue weighted by molar-refractivity contribution is 5.66. The quantitative estimate of drug-likeness (QED) is 0.763. The van der Waals surface area contributed by atoms with Gasteiger partial charge in [-0.1, -0.05) is 37.1 Å². The fourth-order valence-corrected chi connectivity index (χ4v) is 2.71. The second kappa shape index (κ2) is 8.50. The topological polar surface area (TPSA) is 49.3 Å². The normalized spacial score (nSPS) is 18.8. The molecule has 0 aliphatic heterocycles. The lowest BCUT2D eigenvalue weighted by molar-refractivity contribution is -0.137. The first kappa shape index (κ1) is 15.6. The number of aryl methyl sites for hydroxylation is 1. The van der Waals surface area contributed by atoms with E-state index in [0.29, 0.717) is 12.5 Å². The number of allylic oxidation sites excluding steroid dienone is 1. The van der Waals surface area contributed by atoms with Crippen LogP contribution in [0.4, 0.5) is 5.69 Å². The second-order valence-electron chi connectivity index (χ2n) is 5.76. The van der Waals surface area contributed by atoms with E-state index in [0.717, 1.165) is 12.1 Å². The van der Waals surface area contributed by atoms with Gasteiger partial charge >= 0.3 is 5.97 Å².